The first-order chi connectivity index (χ1) is 17.1. The van der Waals surface area contributed by atoms with E-state index in [1.807, 2.05) is 18.2 Å². The molecule has 0 amide bonds. The van der Waals surface area contributed by atoms with Gasteiger partial charge in [0.2, 0.25) is 0 Å². The van der Waals surface area contributed by atoms with Crippen molar-refractivity contribution in [2.75, 3.05) is 0 Å². The van der Waals surface area contributed by atoms with Crippen LogP contribution in [0.5, 0.6) is 5.75 Å². The lowest BCUT2D eigenvalue weighted by Gasteiger charge is -2.29. The molecule has 0 spiro atoms. The van der Waals surface area contributed by atoms with E-state index in [4.69, 9.17) is 21.6 Å². The summed E-state index contributed by atoms with van der Waals surface area (Å²) in [5.74, 6) is 1.46. The Kier molecular flexibility index (Phi) is 8.61. The summed E-state index contributed by atoms with van der Waals surface area (Å²) >= 11 is 6.02. The number of unbranched alkanes of at least 4 members (excludes halogenated alkanes) is 2. The van der Waals surface area contributed by atoms with Crippen molar-refractivity contribution in [2.45, 2.75) is 64.2 Å². The number of halogens is 1. The van der Waals surface area contributed by atoms with E-state index in [1.54, 1.807) is 18.2 Å². The summed E-state index contributed by atoms with van der Waals surface area (Å²) in [6.45, 7) is 2.28. The fourth-order valence-corrected chi connectivity index (χ4v) is 5.24. The van der Waals surface area contributed by atoms with Crippen LogP contribution in [-0.2, 0) is 0 Å². The molecule has 1 saturated carbocycles. The third-order valence-electron chi connectivity index (χ3n) is 7.17. The SMILES string of the molecule is CCCCC[C@H]1CC[C@H](c2ccc(-c3ccc(C(=O)Oc4ccc(C#N)c(Cl)c4)cc3)cc2)CC1. The van der Waals surface area contributed by atoms with Gasteiger partial charge in [-0.3, -0.25) is 0 Å². The van der Waals surface area contributed by atoms with Crippen molar-refractivity contribution >= 4 is 17.6 Å². The Morgan fingerprint density at radius 2 is 1.60 bits per heavy atom. The lowest BCUT2D eigenvalue weighted by atomic mass is 9.77. The molecule has 4 rings (SSSR count). The van der Waals surface area contributed by atoms with Crippen LogP contribution < -0.4 is 4.74 Å². The van der Waals surface area contributed by atoms with Gasteiger partial charge in [0.05, 0.1) is 16.1 Å². The van der Waals surface area contributed by atoms with Crippen LogP contribution in [0.15, 0.2) is 66.7 Å². The standard InChI is InChI=1S/C31H32ClNO2/c1-2-3-4-5-22-6-8-23(9-7-22)24-10-12-25(13-11-24)26-14-16-27(17-15-26)31(34)35-29-19-18-28(21-33)30(32)20-29/h10-20,22-23H,2-9H2,1H3/t22-,23-. The maximum atomic E-state index is 12.5. The van der Waals surface area contributed by atoms with Crippen LogP contribution in [-0.4, -0.2) is 5.97 Å². The number of rotatable bonds is 8. The molecule has 0 heterocycles. The molecule has 4 heteroatoms. The van der Waals surface area contributed by atoms with Gasteiger partial charge in [-0.1, -0.05) is 80.6 Å². The molecule has 0 radical (unpaired) electrons. The minimum absolute atomic E-state index is 0.261. The number of ether oxygens (including phenoxy) is 1. The van der Waals surface area contributed by atoms with Gasteiger partial charge in [-0.2, -0.15) is 5.26 Å². The molecule has 3 aromatic carbocycles. The average Bonchev–Trinajstić information content (AvgIpc) is 2.90. The first-order valence-corrected chi connectivity index (χ1v) is 13.1. The maximum Gasteiger partial charge on any atom is 0.343 e. The van der Waals surface area contributed by atoms with Crippen molar-refractivity contribution < 1.29 is 9.53 Å². The lowest BCUT2D eigenvalue weighted by Crippen LogP contribution is -2.13. The maximum absolute atomic E-state index is 12.5. The predicted molar refractivity (Wildman–Crippen MR) is 142 cm³/mol. The predicted octanol–water partition coefficient (Wildman–Crippen LogP) is 8.95. The number of hydrogen-bond acceptors (Lipinski definition) is 3. The number of carbonyl (C=O) groups is 1. The summed E-state index contributed by atoms with van der Waals surface area (Å²) in [6, 6.07) is 22.9. The van der Waals surface area contributed by atoms with Crippen molar-refractivity contribution in [3.8, 4) is 22.9 Å². The molecule has 0 saturated heterocycles. The van der Waals surface area contributed by atoms with Gasteiger partial charge in [-0.15, -0.1) is 0 Å². The van der Waals surface area contributed by atoms with E-state index in [2.05, 4.69) is 31.2 Å². The largest absolute Gasteiger partial charge is 0.423 e. The molecule has 1 aliphatic carbocycles. The second kappa shape index (κ2) is 12.0. The fourth-order valence-electron chi connectivity index (χ4n) is 5.03. The lowest BCUT2D eigenvalue weighted by molar-refractivity contribution is 0.0735. The van der Waals surface area contributed by atoms with Crippen molar-refractivity contribution in [2.24, 2.45) is 5.92 Å². The number of nitrogens with zero attached hydrogens (tertiary/aromatic N) is 1. The highest BCUT2D eigenvalue weighted by Crippen LogP contribution is 2.38. The number of hydrogen-bond donors (Lipinski definition) is 0. The fraction of sp³-hybridized carbons (Fsp3) is 0.355. The van der Waals surface area contributed by atoms with E-state index in [-0.39, 0.29) is 5.02 Å². The second-order valence-electron chi connectivity index (χ2n) is 9.56. The first kappa shape index (κ1) is 25.0. The summed E-state index contributed by atoms with van der Waals surface area (Å²) in [6.07, 6.45) is 10.8. The van der Waals surface area contributed by atoms with E-state index in [0.29, 0.717) is 22.8 Å². The van der Waals surface area contributed by atoms with Crippen molar-refractivity contribution in [1.29, 1.82) is 5.26 Å². The van der Waals surface area contributed by atoms with Gasteiger partial charge in [0.25, 0.3) is 0 Å². The molecule has 0 unspecified atom stereocenters. The molecule has 3 aromatic rings. The molecule has 0 N–H and O–H groups in total. The third-order valence-corrected chi connectivity index (χ3v) is 7.48. The van der Waals surface area contributed by atoms with Gasteiger partial charge in [0.1, 0.15) is 11.8 Å². The van der Waals surface area contributed by atoms with Gasteiger partial charge < -0.3 is 4.74 Å². The Bertz CT molecular complexity index is 1170. The minimum Gasteiger partial charge on any atom is -0.423 e. The summed E-state index contributed by atoms with van der Waals surface area (Å²) < 4.78 is 5.41. The molecule has 1 aliphatic rings. The third kappa shape index (κ3) is 6.53. The Morgan fingerprint density at radius 3 is 2.20 bits per heavy atom. The molecular weight excluding hydrogens is 454 g/mol. The molecular formula is C31H32ClNO2. The van der Waals surface area contributed by atoms with E-state index < -0.39 is 5.97 Å². The van der Waals surface area contributed by atoms with E-state index in [1.165, 1.54) is 69.1 Å². The number of carbonyl (C=O) groups excluding carboxylic acids is 1. The monoisotopic (exact) mass is 485 g/mol. The molecule has 1 fully saturated rings. The zero-order valence-electron chi connectivity index (χ0n) is 20.3. The van der Waals surface area contributed by atoms with Gasteiger partial charge in [-0.25, -0.2) is 4.79 Å². The molecule has 0 bridgehead atoms. The number of benzene rings is 3. The summed E-state index contributed by atoms with van der Waals surface area (Å²) in [7, 11) is 0. The van der Waals surface area contributed by atoms with Crippen molar-refractivity contribution in [1.82, 2.24) is 0 Å². The van der Waals surface area contributed by atoms with Gasteiger partial charge in [0.15, 0.2) is 0 Å². The number of esters is 1. The van der Waals surface area contributed by atoms with Crippen LogP contribution in [0, 0.1) is 17.2 Å². The molecule has 180 valence electrons. The van der Waals surface area contributed by atoms with Crippen LogP contribution in [0.4, 0.5) is 0 Å². The zero-order valence-corrected chi connectivity index (χ0v) is 21.1. The second-order valence-corrected chi connectivity index (χ2v) is 9.96. The van der Waals surface area contributed by atoms with E-state index >= 15 is 0 Å². The smallest absolute Gasteiger partial charge is 0.343 e. The first-order valence-electron chi connectivity index (χ1n) is 12.7. The van der Waals surface area contributed by atoms with Crippen molar-refractivity contribution in [3.05, 3.63) is 88.4 Å². The molecule has 0 aliphatic heterocycles. The quantitative estimate of drug-likeness (QED) is 0.182. The van der Waals surface area contributed by atoms with Crippen LogP contribution in [0.25, 0.3) is 11.1 Å². The van der Waals surface area contributed by atoms with Crippen LogP contribution >= 0.6 is 11.6 Å². The van der Waals surface area contributed by atoms with Gasteiger partial charge in [0, 0.05) is 6.07 Å². The Balaban J connectivity index is 1.33. The molecule has 3 nitrogen and oxygen atoms in total. The summed E-state index contributed by atoms with van der Waals surface area (Å²) in [5, 5.41) is 9.23. The topological polar surface area (TPSA) is 50.1 Å². The molecule has 35 heavy (non-hydrogen) atoms. The highest BCUT2D eigenvalue weighted by atomic mass is 35.5. The Labute approximate surface area is 213 Å². The summed E-state index contributed by atoms with van der Waals surface area (Å²) in [4.78, 5) is 12.5. The minimum atomic E-state index is -0.460. The van der Waals surface area contributed by atoms with E-state index in [9.17, 15) is 4.79 Å². The number of nitriles is 1. The van der Waals surface area contributed by atoms with Crippen LogP contribution in [0.1, 0.15) is 85.7 Å². The van der Waals surface area contributed by atoms with Gasteiger partial charge in [-0.05, 0) is 78.5 Å². The highest BCUT2D eigenvalue weighted by molar-refractivity contribution is 6.31. The Hall–Kier alpha value is -3.09. The van der Waals surface area contributed by atoms with Gasteiger partial charge >= 0.3 is 5.97 Å². The Morgan fingerprint density at radius 1 is 0.943 bits per heavy atom. The average molecular weight is 486 g/mol. The van der Waals surface area contributed by atoms with E-state index in [0.717, 1.165) is 17.0 Å². The normalized spacial score (nSPS) is 17.5. The van der Waals surface area contributed by atoms with Crippen LogP contribution in [0.3, 0.4) is 0 Å². The van der Waals surface area contributed by atoms with Crippen LogP contribution in [0.2, 0.25) is 5.02 Å². The zero-order chi connectivity index (χ0) is 24.6. The molecule has 0 atom stereocenters. The van der Waals surface area contributed by atoms with Crippen molar-refractivity contribution in [3.63, 3.8) is 0 Å². The molecule has 0 aromatic heterocycles. The summed E-state index contributed by atoms with van der Waals surface area (Å²) in [5.41, 5.74) is 4.45. The highest BCUT2D eigenvalue weighted by Gasteiger charge is 2.22.